The maximum atomic E-state index is 12.2. The van der Waals surface area contributed by atoms with Gasteiger partial charge in [0.25, 0.3) is 10.2 Å². The van der Waals surface area contributed by atoms with E-state index in [1.54, 1.807) is 4.31 Å². The quantitative estimate of drug-likeness (QED) is 0.736. The first kappa shape index (κ1) is 14.9. The second-order valence-electron chi connectivity index (χ2n) is 5.07. The van der Waals surface area contributed by atoms with Crippen molar-refractivity contribution in [2.75, 3.05) is 26.7 Å². The van der Waals surface area contributed by atoms with Crippen molar-refractivity contribution in [1.82, 2.24) is 14.3 Å². The van der Waals surface area contributed by atoms with E-state index in [2.05, 4.69) is 10.0 Å². The van der Waals surface area contributed by atoms with Crippen LogP contribution in [0.1, 0.15) is 33.1 Å². The van der Waals surface area contributed by atoms with Gasteiger partial charge in [-0.25, -0.2) is 4.72 Å². The minimum absolute atomic E-state index is 0.0958. The molecule has 0 aromatic heterocycles. The molecule has 5 nitrogen and oxygen atoms in total. The number of hydrogen-bond acceptors (Lipinski definition) is 3. The highest BCUT2D eigenvalue weighted by atomic mass is 32.2. The Labute approximate surface area is 105 Å². The van der Waals surface area contributed by atoms with Crippen molar-refractivity contribution in [3.05, 3.63) is 0 Å². The minimum atomic E-state index is -3.31. The number of piperidine rings is 1. The predicted octanol–water partition coefficient (Wildman–Crippen LogP) is 0.551. The highest BCUT2D eigenvalue weighted by Gasteiger charge is 2.31. The molecule has 1 unspecified atom stereocenters. The normalized spacial score (nSPS) is 23.2. The first-order chi connectivity index (χ1) is 7.97. The standard InChI is InChI=1S/C11H25N3O2S/c1-10(2)8-13-17(15,16)14-7-5-4-6-11(14)9-12-3/h10-13H,4-9H2,1-3H3. The first-order valence-corrected chi connectivity index (χ1v) is 7.82. The Balaban J connectivity index is 2.65. The van der Waals surface area contributed by atoms with Crippen molar-refractivity contribution in [2.24, 2.45) is 5.92 Å². The Kier molecular flexibility index (Phi) is 5.85. The summed E-state index contributed by atoms with van der Waals surface area (Å²) >= 11 is 0. The lowest BCUT2D eigenvalue weighted by Crippen LogP contribution is -2.52. The van der Waals surface area contributed by atoms with Crippen LogP contribution >= 0.6 is 0 Å². The zero-order chi connectivity index (χ0) is 12.9. The lowest BCUT2D eigenvalue weighted by atomic mass is 10.1. The Morgan fingerprint density at radius 2 is 2.06 bits per heavy atom. The molecule has 0 aliphatic carbocycles. The number of rotatable bonds is 6. The van der Waals surface area contributed by atoms with E-state index in [4.69, 9.17) is 0 Å². The van der Waals surface area contributed by atoms with Crippen molar-refractivity contribution in [1.29, 1.82) is 0 Å². The molecule has 0 bridgehead atoms. The Hall–Kier alpha value is -0.170. The van der Waals surface area contributed by atoms with E-state index in [0.29, 0.717) is 19.0 Å². The largest absolute Gasteiger partial charge is 0.318 e. The average molecular weight is 263 g/mol. The van der Waals surface area contributed by atoms with Gasteiger partial charge in [-0.1, -0.05) is 20.3 Å². The molecule has 17 heavy (non-hydrogen) atoms. The summed E-state index contributed by atoms with van der Waals surface area (Å²) in [6.07, 6.45) is 3.02. The molecule has 1 heterocycles. The van der Waals surface area contributed by atoms with Crippen molar-refractivity contribution < 1.29 is 8.42 Å². The van der Waals surface area contributed by atoms with Crippen molar-refractivity contribution in [3.63, 3.8) is 0 Å². The Bertz CT molecular complexity index is 315. The molecule has 1 saturated heterocycles. The molecule has 1 aliphatic rings. The number of nitrogens with one attached hydrogen (secondary N) is 2. The fourth-order valence-electron chi connectivity index (χ4n) is 2.08. The van der Waals surface area contributed by atoms with Gasteiger partial charge in [-0.2, -0.15) is 12.7 Å². The molecule has 0 aromatic rings. The summed E-state index contributed by atoms with van der Waals surface area (Å²) < 4.78 is 28.6. The van der Waals surface area contributed by atoms with E-state index < -0.39 is 10.2 Å². The van der Waals surface area contributed by atoms with Gasteiger partial charge in [0.05, 0.1) is 0 Å². The van der Waals surface area contributed by atoms with Gasteiger partial charge in [0.1, 0.15) is 0 Å². The molecule has 1 atom stereocenters. The van der Waals surface area contributed by atoms with Gasteiger partial charge >= 0.3 is 0 Å². The van der Waals surface area contributed by atoms with Crippen molar-refractivity contribution in [2.45, 2.75) is 39.2 Å². The third-order valence-corrected chi connectivity index (χ3v) is 4.63. The fraction of sp³-hybridized carbons (Fsp3) is 1.00. The van der Waals surface area contributed by atoms with Crippen LogP contribution in [0.3, 0.4) is 0 Å². The van der Waals surface area contributed by atoms with Gasteiger partial charge in [-0.3, -0.25) is 0 Å². The topological polar surface area (TPSA) is 61.4 Å². The van der Waals surface area contributed by atoms with Gasteiger partial charge in [-0.05, 0) is 25.8 Å². The number of likely N-dealkylation sites (N-methyl/N-ethyl adjacent to an activating group) is 1. The molecule has 6 heteroatoms. The summed E-state index contributed by atoms with van der Waals surface area (Å²) in [4.78, 5) is 0. The van der Waals surface area contributed by atoms with E-state index in [1.165, 1.54) is 0 Å². The summed E-state index contributed by atoms with van der Waals surface area (Å²) in [6, 6.07) is 0.0958. The van der Waals surface area contributed by atoms with Crippen LogP contribution in [0.15, 0.2) is 0 Å². The maximum Gasteiger partial charge on any atom is 0.279 e. The molecule has 0 radical (unpaired) electrons. The summed E-state index contributed by atoms with van der Waals surface area (Å²) in [5.74, 6) is 0.331. The van der Waals surface area contributed by atoms with Crippen LogP contribution in [0.4, 0.5) is 0 Å². The van der Waals surface area contributed by atoms with Crippen LogP contribution in [-0.4, -0.2) is 45.4 Å². The molecule has 1 aliphatic heterocycles. The van der Waals surface area contributed by atoms with Gasteiger partial charge in [0, 0.05) is 25.7 Å². The molecule has 0 aromatic carbocycles. The molecule has 0 saturated carbocycles. The average Bonchev–Trinajstić information content (AvgIpc) is 2.28. The zero-order valence-corrected chi connectivity index (χ0v) is 11.9. The third-order valence-electron chi connectivity index (χ3n) is 3.00. The summed E-state index contributed by atoms with van der Waals surface area (Å²) in [7, 11) is -1.44. The van der Waals surface area contributed by atoms with Crippen LogP contribution in [-0.2, 0) is 10.2 Å². The van der Waals surface area contributed by atoms with Gasteiger partial charge in [-0.15, -0.1) is 0 Å². The molecule has 102 valence electrons. The molecule has 1 rings (SSSR count). The van der Waals surface area contributed by atoms with E-state index in [1.807, 2.05) is 20.9 Å². The molecule has 0 spiro atoms. The highest BCUT2D eigenvalue weighted by Crippen LogP contribution is 2.19. The highest BCUT2D eigenvalue weighted by molar-refractivity contribution is 7.87. The smallest absolute Gasteiger partial charge is 0.279 e. The van der Waals surface area contributed by atoms with Crippen molar-refractivity contribution >= 4 is 10.2 Å². The van der Waals surface area contributed by atoms with Gasteiger partial charge < -0.3 is 5.32 Å². The first-order valence-electron chi connectivity index (χ1n) is 6.38. The van der Waals surface area contributed by atoms with Crippen molar-refractivity contribution in [3.8, 4) is 0 Å². The zero-order valence-electron chi connectivity index (χ0n) is 11.1. The third kappa shape index (κ3) is 4.54. The fourth-order valence-corrected chi connectivity index (χ4v) is 3.74. The Morgan fingerprint density at radius 1 is 1.35 bits per heavy atom. The second kappa shape index (κ2) is 6.68. The van der Waals surface area contributed by atoms with E-state index in [0.717, 1.165) is 25.8 Å². The molecule has 0 amide bonds. The summed E-state index contributed by atoms with van der Waals surface area (Å²) in [6.45, 7) is 5.88. The molecular formula is C11H25N3O2S. The number of hydrogen-bond donors (Lipinski definition) is 2. The minimum Gasteiger partial charge on any atom is -0.318 e. The lowest BCUT2D eigenvalue weighted by molar-refractivity contribution is 0.245. The molecular weight excluding hydrogens is 238 g/mol. The summed E-state index contributed by atoms with van der Waals surface area (Å²) in [5, 5.41) is 3.07. The van der Waals surface area contributed by atoms with E-state index in [9.17, 15) is 8.42 Å². The van der Waals surface area contributed by atoms with Crippen LogP contribution in [0.5, 0.6) is 0 Å². The SMILES string of the molecule is CNCC1CCCCN1S(=O)(=O)NCC(C)C. The van der Waals surface area contributed by atoms with Gasteiger partial charge in [0.2, 0.25) is 0 Å². The van der Waals surface area contributed by atoms with E-state index in [-0.39, 0.29) is 6.04 Å². The lowest BCUT2D eigenvalue weighted by Gasteiger charge is -2.34. The monoisotopic (exact) mass is 263 g/mol. The predicted molar refractivity (Wildman–Crippen MR) is 70.0 cm³/mol. The molecule has 1 fully saturated rings. The van der Waals surface area contributed by atoms with Gasteiger partial charge in [0.15, 0.2) is 0 Å². The number of nitrogens with zero attached hydrogens (tertiary/aromatic N) is 1. The van der Waals surface area contributed by atoms with Crippen LogP contribution < -0.4 is 10.0 Å². The second-order valence-corrected chi connectivity index (χ2v) is 6.77. The van der Waals surface area contributed by atoms with Crippen LogP contribution in [0.25, 0.3) is 0 Å². The van der Waals surface area contributed by atoms with Crippen LogP contribution in [0.2, 0.25) is 0 Å². The van der Waals surface area contributed by atoms with E-state index >= 15 is 0 Å². The van der Waals surface area contributed by atoms with Crippen LogP contribution in [0, 0.1) is 5.92 Å². The molecule has 2 N–H and O–H groups in total. The Morgan fingerprint density at radius 3 is 2.65 bits per heavy atom. The summed E-state index contributed by atoms with van der Waals surface area (Å²) in [5.41, 5.74) is 0. The maximum absolute atomic E-state index is 12.2.